The van der Waals surface area contributed by atoms with Crippen LogP contribution in [0.25, 0.3) is 0 Å². The average Bonchev–Trinajstić information content (AvgIpc) is 2.53. The SMILES string of the molecule is c1ccc(CCCCC2CCCC3CCCCC23)cc1. The van der Waals surface area contributed by atoms with Crippen LogP contribution in [-0.2, 0) is 6.42 Å². The van der Waals surface area contributed by atoms with E-state index in [4.69, 9.17) is 0 Å². The normalized spacial score (nSPS) is 29.9. The van der Waals surface area contributed by atoms with Crippen LogP contribution < -0.4 is 0 Å². The van der Waals surface area contributed by atoms with E-state index in [0.717, 1.165) is 17.8 Å². The molecule has 0 spiro atoms. The lowest BCUT2D eigenvalue weighted by Crippen LogP contribution is -2.30. The van der Waals surface area contributed by atoms with Crippen molar-refractivity contribution in [3.8, 4) is 0 Å². The molecular weight excluding hydrogens is 240 g/mol. The number of rotatable bonds is 5. The summed E-state index contributed by atoms with van der Waals surface area (Å²) >= 11 is 0. The molecular formula is C20H30. The molecule has 2 aliphatic carbocycles. The lowest BCUT2D eigenvalue weighted by Gasteiger charge is -2.41. The Bertz CT molecular complexity index is 378. The molecule has 1 aromatic carbocycles. The van der Waals surface area contributed by atoms with Crippen molar-refractivity contribution in [2.75, 3.05) is 0 Å². The topological polar surface area (TPSA) is 0 Å². The fourth-order valence-electron chi connectivity index (χ4n) is 4.81. The Hall–Kier alpha value is -0.780. The molecule has 2 aliphatic rings. The smallest absolute Gasteiger partial charge is 0.0279 e. The minimum absolute atomic E-state index is 1.07. The molecule has 0 aromatic heterocycles. The molecule has 0 bridgehead atoms. The molecule has 0 N–H and O–H groups in total. The van der Waals surface area contributed by atoms with Crippen molar-refractivity contribution < 1.29 is 0 Å². The summed E-state index contributed by atoms with van der Waals surface area (Å²) in [5.41, 5.74) is 1.52. The van der Waals surface area contributed by atoms with Crippen LogP contribution in [0.1, 0.15) is 69.8 Å². The van der Waals surface area contributed by atoms with Crippen molar-refractivity contribution in [2.45, 2.75) is 70.6 Å². The summed E-state index contributed by atoms with van der Waals surface area (Å²) in [5, 5.41) is 0. The lowest BCUT2D eigenvalue weighted by atomic mass is 9.64. The van der Waals surface area contributed by atoms with E-state index in [1.165, 1.54) is 56.9 Å². The number of unbranched alkanes of at least 4 members (excludes halogenated alkanes) is 1. The predicted octanol–water partition coefficient (Wildman–Crippen LogP) is 6.01. The molecule has 3 rings (SSSR count). The summed E-state index contributed by atoms with van der Waals surface area (Å²) in [6.45, 7) is 0. The Morgan fingerprint density at radius 3 is 2.50 bits per heavy atom. The third-order valence-corrected chi connectivity index (χ3v) is 5.86. The van der Waals surface area contributed by atoms with Gasteiger partial charge in [-0.25, -0.2) is 0 Å². The van der Waals surface area contributed by atoms with E-state index in [1.54, 1.807) is 19.3 Å². The van der Waals surface area contributed by atoms with Crippen LogP contribution in [0.5, 0.6) is 0 Å². The molecule has 3 unspecified atom stereocenters. The highest BCUT2D eigenvalue weighted by Gasteiger charge is 2.34. The Labute approximate surface area is 125 Å². The third kappa shape index (κ3) is 3.65. The van der Waals surface area contributed by atoms with Gasteiger partial charge < -0.3 is 0 Å². The summed E-state index contributed by atoms with van der Waals surface area (Å²) in [4.78, 5) is 0. The fourth-order valence-corrected chi connectivity index (χ4v) is 4.81. The van der Waals surface area contributed by atoms with Gasteiger partial charge in [0.05, 0.1) is 0 Å². The van der Waals surface area contributed by atoms with E-state index in [1.807, 2.05) is 0 Å². The number of fused-ring (bicyclic) bond motifs is 1. The first-order chi connectivity index (χ1) is 9.93. The van der Waals surface area contributed by atoms with Crippen LogP contribution in [0.15, 0.2) is 30.3 Å². The number of benzene rings is 1. The molecule has 110 valence electrons. The van der Waals surface area contributed by atoms with Gasteiger partial charge in [0.25, 0.3) is 0 Å². The molecule has 0 heteroatoms. The van der Waals surface area contributed by atoms with Gasteiger partial charge in [0, 0.05) is 0 Å². The Morgan fingerprint density at radius 1 is 0.800 bits per heavy atom. The molecule has 0 aliphatic heterocycles. The second kappa shape index (κ2) is 7.29. The molecule has 0 heterocycles. The Balaban J connectivity index is 1.41. The summed E-state index contributed by atoms with van der Waals surface area (Å²) < 4.78 is 0. The predicted molar refractivity (Wildman–Crippen MR) is 86.8 cm³/mol. The van der Waals surface area contributed by atoms with Crippen LogP contribution in [0.4, 0.5) is 0 Å². The summed E-state index contributed by atoms with van der Waals surface area (Å²) in [7, 11) is 0. The highest BCUT2D eigenvalue weighted by molar-refractivity contribution is 5.14. The van der Waals surface area contributed by atoms with Crippen molar-refractivity contribution in [2.24, 2.45) is 17.8 Å². The zero-order valence-corrected chi connectivity index (χ0v) is 12.9. The van der Waals surface area contributed by atoms with Gasteiger partial charge in [-0.15, -0.1) is 0 Å². The van der Waals surface area contributed by atoms with Gasteiger partial charge in [-0.05, 0) is 42.6 Å². The zero-order chi connectivity index (χ0) is 13.6. The summed E-state index contributed by atoms with van der Waals surface area (Å²) in [6, 6.07) is 11.0. The van der Waals surface area contributed by atoms with Crippen LogP contribution in [0, 0.1) is 17.8 Å². The molecule has 3 atom stereocenters. The molecule has 0 amide bonds. The highest BCUT2D eigenvalue weighted by Crippen LogP contribution is 2.45. The van der Waals surface area contributed by atoms with Gasteiger partial charge in [-0.2, -0.15) is 0 Å². The molecule has 2 fully saturated rings. The zero-order valence-electron chi connectivity index (χ0n) is 12.9. The first-order valence-electron chi connectivity index (χ1n) is 8.97. The largest absolute Gasteiger partial charge is 0.0622 e. The van der Waals surface area contributed by atoms with E-state index in [9.17, 15) is 0 Å². The van der Waals surface area contributed by atoms with Gasteiger partial charge in [0.2, 0.25) is 0 Å². The van der Waals surface area contributed by atoms with Gasteiger partial charge in [-0.1, -0.05) is 81.7 Å². The second-order valence-corrected chi connectivity index (χ2v) is 7.13. The maximum atomic E-state index is 2.28. The lowest BCUT2D eigenvalue weighted by molar-refractivity contribution is 0.0963. The Morgan fingerprint density at radius 2 is 1.60 bits per heavy atom. The maximum Gasteiger partial charge on any atom is -0.0279 e. The highest BCUT2D eigenvalue weighted by atomic mass is 14.4. The standard InChI is InChI=1S/C20H30/c1-2-9-17(10-3-1)11-4-5-12-18-14-8-15-19-13-6-7-16-20(18)19/h1-3,9-10,18-20H,4-8,11-16H2. The molecule has 2 saturated carbocycles. The minimum atomic E-state index is 1.07. The molecule has 0 saturated heterocycles. The van der Waals surface area contributed by atoms with Crippen molar-refractivity contribution in [3.05, 3.63) is 35.9 Å². The second-order valence-electron chi connectivity index (χ2n) is 7.13. The van der Waals surface area contributed by atoms with Gasteiger partial charge in [0.1, 0.15) is 0 Å². The minimum Gasteiger partial charge on any atom is -0.0622 e. The van der Waals surface area contributed by atoms with Crippen LogP contribution in [0.3, 0.4) is 0 Å². The van der Waals surface area contributed by atoms with Crippen LogP contribution in [0.2, 0.25) is 0 Å². The van der Waals surface area contributed by atoms with Gasteiger partial charge in [-0.3, -0.25) is 0 Å². The number of hydrogen-bond acceptors (Lipinski definition) is 0. The van der Waals surface area contributed by atoms with E-state index < -0.39 is 0 Å². The van der Waals surface area contributed by atoms with E-state index >= 15 is 0 Å². The van der Waals surface area contributed by atoms with Crippen LogP contribution in [-0.4, -0.2) is 0 Å². The van der Waals surface area contributed by atoms with Gasteiger partial charge in [0.15, 0.2) is 0 Å². The Kier molecular flexibility index (Phi) is 5.17. The molecule has 20 heavy (non-hydrogen) atoms. The molecule has 0 radical (unpaired) electrons. The van der Waals surface area contributed by atoms with Crippen LogP contribution >= 0.6 is 0 Å². The summed E-state index contributed by atoms with van der Waals surface area (Å²) in [6.07, 6.45) is 16.3. The monoisotopic (exact) mass is 270 g/mol. The van der Waals surface area contributed by atoms with E-state index in [-0.39, 0.29) is 0 Å². The average molecular weight is 270 g/mol. The van der Waals surface area contributed by atoms with Crippen molar-refractivity contribution in [1.82, 2.24) is 0 Å². The number of hydrogen-bond donors (Lipinski definition) is 0. The summed E-state index contributed by atoms with van der Waals surface area (Å²) in [5.74, 6) is 3.29. The van der Waals surface area contributed by atoms with Crippen molar-refractivity contribution in [1.29, 1.82) is 0 Å². The maximum absolute atomic E-state index is 2.28. The molecule has 1 aromatic rings. The quantitative estimate of drug-likeness (QED) is 0.575. The fraction of sp³-hybridized carbons (Fsp3) is 0.700. The van der Waals surface area contributed by atoms with Gasteiger partial charge >= 0.3 is 0 Å². The van der Waals surface area contributed by atoms with Crippen molar-refractivity contribution >= 4 is 0 Å². The first kappa shape index (κ1) is 14.2. The van der Waals surface area contributed by atoms with Crippen molar-refractivity contribution in [3.63, 3.8) is 0 Å². The third-order valence-electron chi connectivity index (χ3n) is 5.86. The molecule has 0 nitrogen and oxygen atoms in total. The van der Waals surface area contributed by atoms with E-state index in [2.05, 4.69) is 30.3 Å². The first-order valence-corrected chi connectivity index (χ1v) is 8.97. The number of aryl methyl sites for hydroxylation is 1. The van der Waals surface area contributed by atoms with E-state index in [0.29, 0.717) is 0 Å².